The van der Waals surface area contributed by atoms with E-state index >= 15 is 0 Å². The lowest BCUT2D eigenvalue weighted by Crippen LogP contribution is -2.54. The van der Waals surface area contributed by atoms with Crippen LogP contribution in [-0.2, 0) is 19.1 Å². The van der Waals surface area contributed by atoms with E-state index in [2.05, 4.69) is 15.7 Å². The topological polar surface area (TPSA) is 109 Å². The minimum Gasteiger partial charge on any atom is -0.482 e. The van der Waals surface area contributed by atoms with Gasteiger partial charge in [0, 0.05) is 11.8 Å². The Kier molecular flexibility index (Phi) is 6.63. The van der Waals surface area contributed by atoms with Crippen molar-refractivity contribution < 1.29 is 23.9 Å². The molecule has 0 bridgehead atoms. The number of carbonyl (C=O) groups is 3. The molecular formula is C21H22N4O5. The van der Waals surface area contributed by atoms with Gasteiger partial charge in [0.15, 0.2) is 6.61 Å². The van der Waals surface area contributed by atoms with Crippen molar-refractivity contribution in [1.29, 1.82) is 0 Å². The Hall–Kier alpha value is -3.88. The van der Waals surface area contributed by atoms with Gasteiger partial charge in [-0.3, -0.25) is 20.0 Å². The molecule has 1 aliphatic heterocycles. The van der Waals surface area contributed by atoms with E-state index in [0.29, 0.717) is 17.1 Å². The van der Waals surface area contributed by atoms with Gasteiger partial charge in [-0.15, -0.1) is 0 Å². The summed E-state index contributed by atoms with van der Waals surface area (Å²) in [6.07, 6.45) is 0. The zero-order chi connectivity index (χ0) is 21.5. The highest BCUT2D eigenvalue weighted by atomic mass is 16.6. The molecule has 156 valence electrons. The summed E-state index contributed by atoms with van der Waals surface area (Å²) >= 11 is 0. The molecule has 9 heteroatoms. The third kappa shape index (κ3) is 5.34. The Bertz CT molecular complexity index is 972. The average Bonchev–Trinajstić information content (AvgIpc) is 2.74. The van der Waals surface area contributed by atoms with Gasteiger partial charge in [-0.2, -0.15) is 0 Å². The second-order valence-electron chi connectivity index (χ2n) is 6.42. The predicted octanol–water partition coefficient (Wildman–Crippen LogP) is 1.83. The molecule has 0 saturated carbocycles. The van der Waals surface area contributed by atoms with Gasteiger partial charge in [-0.25, -0.2) is 9.80 Å². The first kappa shape index (κ1) is 20.8. The smallest absolute Gasteiger partial charge is 0.344 e. The summed E-state index contributed by atoms with van der Waals surface area (Å²) < 4.78 is 10.2. The van der Waals surface area contributed by atoms with Crippen LogP contribution in [-0.4, -0.2) is 43.4 Å². The Morgan fingerprint density at radius 1 is 1.20 bits per heavy atom. The molecule has 9 nitrogen and oxygen atoms in total. The Morgan fingerprint density at radius 2 is 1.97 bits per heavy atom. The molecule has 2 amide bonds. The Morgan fingerprint density at radius 3 is 2.70 bits per heavy atom. The van der Waals surface area contributed by atoms with Crippen molar-refractivity contribution in [2.75, 3.05) is 30.1 Å². The van der Waals surface area contributed by atoms with Gasteiger partial charge in [-0.05, 0) is 38.1 Å². The number of hydrogen-bond donors (Lipinski definition) is 2. The highest BCUT2D eigenvalue weighted by Gasteiger charge is 2.25. The van der Waals surface area contributed by atoms with Crippen LogP contribution in [0.25, 0.3) is 0 Å². The maximum absolute atomic E-state index is 12.6. The molecule has 1 heterocycles. The first-order valence-corrected chi connectivity index (χ1v) is 9.37. The lowest BCUT2D eigenvalue weighted by molar-refractivity contribution is -0.145. The molecule has 0 aromatic heterocycles. The fourth-order valence-electron chi connectivity index (χ4n) is 2.64. The van der Waals surface area contributed by atoms with Gasteiger partial charge in [-0.1, -0.05) is 23.8 Å². The van der Waals surface area contributed by atoms with Crippen molar-refractivity contribution in [2.24, 2.45) is 4.99 Å². The number of esters is 1. The standard InChI is InChI=1S/C21H22N4O5/c1-3-29-19(27)13-30-17-6-4-5-15(11-17)23-21(28)20-22-12-18(26)25(24-20)16-9-7-14(2)8-10-16/h4-11H,3,12-13H2,1-2H3,(H,22,24)(H,23,28). The number of anilines is 2. The Balaban J connectivity index is 1.64. The van der Waals surface area contributed by atoms with Gasteiger partial charge in [0.2, 0.25) is 5.84 Å². The number of benzene rings is 2. The van der Waals surface area contributed by atoms with Crippen LogP contribution in [0.5, 0.6) is 5.75 Å². The number of aliphatic imine (C=N–C) groups is 1. The van der Waals surface area contributed by atoms with Crippen molar-refractivity contribution in [1.82, 2.24) is 5.43 Å². The minimum absolute atomic E-state index is 0.00743. The quantitative estimate of drug-likeness (QED) is 0.674. The predicted molar refractivity (Wildman–Crippen MR) is 111 cm³/mol. The normalized spacial score (nSPS) is 13.2. The fourth-order valence-corrected chi connectivity index (χ4v) is 2.64. The highest BCUT2D eigenvalue weighted by Crippen LogP contribution is 2.18. The minimum atomic E-state index is -0.512. The molecule has 2 aromatic carbocycles. The van der Waals surface area contributed by atoms with E-state index in [1.54, 1.807) is 43.3 Å². The number of hydrazine groups is 1. The molecule has 0 fully saturated rings. The molecule has 0 atom stereocenters. The number of carbonyl (C=O) groups excluding carboxylic acids is 3. The molecule has 0 saturated heterocycles. The maximum atomic E-state index is 12.6. The van der Waals surface area contributed by atoms with Crippen LogP contribution in [0.15, 0.2) is 53.5 Å². The number of ether oxygens (including phenoxy) is 2. The summed E-state index contributed by atoms with van der Waals surface area (Å²) in [6.45, 7) is 3.55. The van der Waals surface area contributed by atoms with E-state index in [1.807, 2.05) is 19.1 Å². The van der Waals surface area contributed by atoms with E-state index in [0.717, 1.165) is 5.56 Å². The largest absolute Gasteiger partial charge is 0.482 e. The molecule has 3 rings (SSSR count). The van der Waals surface area contributed by atoms with Gasteiger partial charge in [0.1, 0.15) is 12.3 Å². The third-order valence-corrected chi connectivity index (χ3v) is 4.10. The lowest BCUT2D eigenvalue weighted by Gasteiger charge is -2.27. The monoisotopic (exact) mass is 410 g/mol. The van der Waals surface area contributed by atoms with Crippen molar-refractivity contribution >= 4 is 35.0 Å². The van der Waals surface area contributed by atoms with Crippen molar-refractivity contribution in [3.05, 3.63) is 54.1 Å². The van der Waals surface area contributed by atoms with E-state index in [-0.39, 0.29) is 31.5 Å². The summed E-state index contributed by atoms with van der Waals surface area (Å²) in [6, 6.07) is 13.9. The van der Waals surface area contributed by atoms with Crippen LogP contribution in [0.3, 0.4) is 0 Å². The number of nitrogens with one attached hydrogen (secondary N) is 2. The summed E-state index contributed by atoms with van der Waals surface area (Å²) in [5.41, 5.74) is 4.87. The summed E-state index contributed by atoms with van der Waals surface area (Å²) in [5, 5.41) is 3.99. The number of hydrogen-bond acceptors (Lipinski definition) is 7. The maximum Gasteiger partial charge on any atom is 0.344 e. The van der Waals surface area contributed by atoms with Crippen LogP contribution in [0.1, 0.15) is 12.5 Å². The second-order valence-corrected chi connectivity index (χ2v) is 6.42. The molecule has 30 heavy (non-hydrogen) atoms. The summed E-state index contributed by atoms with van der Waals surface area (Å²) in [4.78, 5) is 40.2. The van der Waals surface area contributed by atoms with Gasteiger partial charge in [0.05, 0.1) is 12.3 Å². The molecule has 0 radical (unpaired) electrons. The molecule has 1 aliphatic rings. The molecule has 0 unspecified atom stereocenters. The second kappa shape index (κ2) is 9.55. The highest BCUT2D eigenvalue weighted by molar-refractivity contribution is 6.43. The van der Waals surface area contributed by atoms with Gasteiger partial charge >= 0.3 is 5.97 Å². The lowest BCUT2D eigenvalue weighted by atomic mass is 10.2. The fraction of sp³-hybridized carbons (Fsp3) is 0.238. The van der Waals surface area contributed by atoms with Crippen LogP contribution in [0, 0.1) is 6.92 Å². The van der Waals surface area contributed by atoms with Crippen molar-refractivity contribution in [2.45, 2.75) is 13.8 Å². The van der Waals surface area contributed by atoms with Crippen LogP contribution in [0.4, 0.5) is 11.4 Å². The van der Waals surface area contributed by atoms with Crippen LogP contribution >= 0.6 is 0 Å². The van der Waals surface area contributed by atoms with E-state index < -0.39 is 11.9 Å². The number of aryl methyl sites for hydroxylation is 1. The van der Waals surface area contributed by atoms with Crippen molar-refractivity contribution in [3.8, 4) is 5.75 Å². The zero-order valence-corrected chi connectivity index (χ0v) is 16.7. The summed E-state index contributed by atoms with van der Waals surface area (Å²) in [5.74, 6) is -0.857. The zero-order valence-electron chi connectivity index (χ0n) is 16.7. The Labute approximate surface area is 173 Å². The van der Waals surface area contributed by atoms with E-state index in [4.69, 9.17) is 9.47 Å². The molecule has 2 aromatic rings. The van der Waals surface area contributed by atoms with Crippen molar-refractivity contribution in [3.63, 3.8) is 0 Å². The first-order chi connectivity index (χ1) is 14.5. The molecule has 0 aliphatic carbocycles. The summed E-state index contributed by atoms with van der Waals surface area (Å²) in [7, 11) is 0. The van der Waals surface area contributed by atoms with E-state index in [9.17, 15) is 14.4 Å². The third-order valence-electron chi connectivity index (χ3n) is 4.10. The average molecular weight is 410 g/mol. The number of amidine groups is 1. The van der Waals surface area contributed by atoms with Gasteiger partial charge in [0.25, 0.3) is 11.8 Å². The van der Waals surface area contributed by atoms with Crippen LogP contribution in [0.2, 0.25) is 0 Å². The number of amides is 2. The molecule has 2 N–H and O–H groups in total. The molecular weight excluding hydrogens is 388 g/mol. The van der Waals surface area contributed by atoms with E-state index in [1.165, 1.54) is 5.01 Å². The van der Waals surface area contributed by atoms with Crippen LogP contribution < -0.4 is 20.5 Å². The first-order valence-electron chi connectivity index (χ1n) is 9.37. The number of nitrogens with zero attached hydrogens (tertiary/aromatic N) is 2. The van der Waals surface area contributed by atoms with Gasteiger partial charge < -0.3 is 14.8 Å². The SMILES string of the molecule is CCOC(=O)COc1cccc(NC(=O)C2=NCC(=O)N(c3ccc(C)cc3)N2)c1. The molecule has 0 spiro atoms. The number of rotatable bonds is 7.